The molecule has 0 spiro atoms. The van der Waals surface area contributed by atoms with E-state index in [2.05, 4.69) is 30.0 Å². The van der Waals surface area contributed by atoms with Crippen LogP contribution in [0.3, 0.4) is 0 Å². The molecule has 0 atom stereocenters. The van der Waals surface area contributed by atoms with E-state index in [0.717, 1.165) is 35.0 Å². The first-order chi connectivity index (χ1) is 29.7. The van der Waals surface area contributed by atoms with Crippen molar-refractivity contribution in [2.75, 3.05) is 34.8 Å². The number of benzene rings is 3. The molecule has 0 aliphatic carbocycles. The number of nitrogens with one attached hydrogen (secondary N) is 1. The molecule has 0 bridgehead atoms. The molecule has 30 heteroatoms. The van der Waals surface area contributed by atoms with Crippen LogP contribution in [-0.2, 0) is 49.8 Å². The summed E-state index contributed by atoms with van der Waals surface area (Å²) in [5.74, 6) is -2.87. The lowest BCUT2D eigenvalue weighted by Crippen LogP contribution is -2.27. The zero-order chi connectivity index (χ0) is 47.8. The van der Waals surface area contributed by atoms with Gasteiger partial charge in [-0.3, -0.25) is 23.0 Å². The minimum Gasteiger partial charge on any atom is -0.371 e. The van der Waals surface area contributed by atoms with Gasteiger partial charge in [0, 0.05) is 29.2 Å². The summed E-state index contributed by atoms with van der Waals surface area (Å²) < 4.78 is 137. The molecule has 0 aliphatic heterocycles. The number of amides is 1. The highest BCUT2D eigenvalue weighted by molar-refractivity contribution is 7.94. The highest BCUT2D eigenvalue weighted by Gasteiger charge is 2.26. The van der Waals surface area contributed by atoms with Crippen molar-refractivity contribution in [3.05, 3.63) is 75.4 Å². The Morgan fingerprint density at radius 3 is 1.92 bits per heavy atom. The van der Waals surface area contributed by atoms with E-state index in [1.807, 2.05) is 6.07 Å². The van der Waals surface area contributed by atoms with Crippen molar-refractivity contribution in [3.8, 4) is 11.8 Å². The van der Waals surface area contributed by atoms with Gasteiger partial charge >= 0.3 is 0 Å². The average Bonchev–Trinajstić information content (AvgIpc) is 3.55. The van der Waals surface area contributed by atoms with Crippen LogP contribution in [0.5, 0.6) is 0 Å². The Balaban J connectivity index is 1.92. The van der Waals surface area contributed by atoms with Crippen LogP contribution < -0.4 is 10.2 Å². The third-order valence-corrected chi connectivity index (χ3v) is 13.1. The Morgan fingerprint density at radius 1 is 0.859 bits per heavy atom. The summed E-state index contributed by atoms with van der Waals surface area (Å²) >= 11 is 13.2. The summed E-state index contributed by atoms with van der Waals surface area (Å²) in [7, 11) is -18.3. The number of hydrogen-bond acceptors (Lipinski definition) is 18. The summed E-state index contributed by atoms with van der Waals surface area (Å²) in [5, 5.41) is 37.4. The highest BCUT2D eigenvalue weighted by atomic mass is 35.5. The SMILES string of the molecule is CC(C)c1nn(-c2c(Cl)cc(S(=O)(=O)O)cc2Cl)c(N=Nc2ccc(N(CCCCS(=O)(=O)O)CCCCS(=O)(=O)O)cc2NC(=O)c2cc(SOOO)cc(S(=O)(=O)O)c2)c1C#N. The van der Waals surface area contributed by atoms with E-state index in [-0.39, 0.29) is 99.9 Å². The number of unbranched alkanes of at least 4 members (excludes halogenated alkanes) is 2. The normalized spacial score (nSPS) is 12.5. The molecule has 6 N–H and O–H groups in total. The van der Waals surface area contributed by atoms with Gasteiger partial charge in [0.1, 0.15) is 23.0 Å². The van der Waals surface area contributed by atoms with Crippen molar-refractivity contribution < 1.29 is 71.3 Å². The van der Waals surface area contributed by atoms with Crippen LogP contribution in [0.25, 0.3) is 5.69 Å². The number of nitriles is 1. The fourth-order valence-electron chi connectivity index (χ4n) is 5.78. The smallest absolute Gasteiger partial charge is 0.294 e. The number of azo groups is 1. The standard InChI is InChI=1S/C34H37Cl2N7O16S5/c1-20(2)31-26(19-37)33(43(41-31)32-27(35)17-25(18-28(32)36)64(55,56)57)40-39-29-8-7-22(42(9-3-5-11-61(46,47)48)10-4-6-12-62(49,50)51)15-30(29)38-34(44)21-13-23(60-59-58-45)16-24(14-21)63(52,53)54/h7-8,13-18,20,45H,3-6,9-12H2,1-2H3,(H,38,44)(H,46,47,48)(H,49,50,51)(H,52,53,54)(H,55,56,57). The van der Waals surface area contributed by atoms with Gasteiger partial charge < -0.3 is 10.2 Å². The predicted octanol–water partition coefficient (Wildman–Crippen LogP) is 6.91. The molecule has 0 unspecified atom stereocenters. The topological polar surface area (TPSA) is 355 Å². The van der Waals surface area contributed by atoms with Gasteiger partial charge in [0.05, 0.1) is 54.8 Å². The Labute approximate surface area is 381 Å². The largest absolute Gasteiger partial charge is 0.371 e. The average molecular weight is 1030 g/mol. The molecule has 3 aromatic carbocycles. The monoisotopic (exact) mass is 1030 g/mol. The number of carbonyl (C=O) groups excluding carboxylic acids is 1. The molecule has 4 aromatic rings. The van der Waals surface area contributed by atoms with Crippen LogP contribution >= 0.6 is 35.2 Å². The lowest BCUT2D eigenvalue weighted by atomic mass is 10.1. The Hall–Kier alpha value is -4.32. The second-order valence-electron chi connectivity index (χ2n) is 13.7. The Morgan fingerprint density at radius 2 is 1.42 bits per heavy atom. The zero-order valence-electron chi connectivity index (χ0n) is 33.1. The maximum Gasteiger partial charge on any atom is 0.294 e. The summed E-state index contributed by atoms with van der Waals surface area (Å²) in [6, 6.07) is 10.8. The first-order valence-corrected chi connectivity index (χ1v) is 25.6. The van der Waals surface area contributed by atoms with E-state index >= 15 is 0 Å². The first kappa shape index (κ1) is 52.3. The van der Waals surface area contributed by atoms with E-state index in [1.165, 1.54) is 18.2 Å². The van der Waals surface area contributed by atoms with Crippen LogP contribution in [0.15, 0.2) is 73.4 Å². The van der Waals surface area contributed by atoms with Crippen LogP contribution in [-0.4, -0.2) is 97.4 Å². The molecule has 348 valence electrons. The molecule has 0 saturated carbocycles. The molecule has 1 aromatic heterocycles. The van der Waals surface area contributed by atoms with Crippen molar-refractivity contribution in [1.29, 1.82) is 5.26 Å². The van der Waals surface area contributed by atoms with E-state index < -0.39 is 79.2 Å². The van der Waals surface area contributed by atoms with Crippen molar-refractivity contribution in [2.45, 2.75) is 60.1 Å². The molecule has 0 saturated heterocycles. The molecular formula is C34H37Cl2N7O16S5. The highest BCUT2D eigenvalue weighted by Crippen LogP contribution is 2.39. The fraction of sp³-hybridized carbons (Fsp3) is 0.324. The van der Waals surface area contributed by atoms with Gasteiger partial charge in [-0.25, -0.2) is 9.94 Å². The van der Waals surface area contributed by atoms with Crippen LogP contribution in [0.1, 0.15) is 67.1 Å². The number of anilines is 2. The van der Waals surface area contributed by atoms with Crippen molar-refractivity contribution in [3.63, 3.8) is 0 Å². The van der Waals surface area contributed by atoms with Gasteiger partial charge in [0.2, 0.25) is 0 Å². The molecular weight excluding hydrogens is 994 g/mol. The maximum absolute atomic E-state index is 13.9. The summed E-state index contributed by atoms with van der Waals surface area (Å²) in [6.07, 6.45) is 0.371. The summed E-state index contributed by atoms with van der Waals surface area (Å²) in [6.45, 7) is 3.62. The van der Waals surface area contributed by atoms with Crippen LogP contribution in [0.4, 0.5) is 22.9 Å². The maximum atomic E-state index is 13.9. The van der Waals surface area contributed by atoms with Crippen molar-refractivity contribution >= 4 is 105 Å². The number of halogens is 2. The van der Waals surface area contributed by atoms with Gasteiger partial charge in [-0.05, 0) is 80.1 Å². The van der Waals surface area contributed by atoms with E-state index in [1.54, 1.807) is 18.7 Å². The number of aromatic nitrogens is 2. The van der Waals surface area contributed by atoms with Crippen LogP contribution in [0.2, 0.25) is 10.0 Å². The molecule has 0 radical (unpaired) electrons. The predicted molar refractivity (Wildman–Crippen MR) is 231 cm³/mol. The fourth-order valence-corrected chi connectivity index (χ4v) is 9.31. The molecule has 23 nitrogen and oxygen atoms in total. The lowest BCUT2D eigenvalue weighted by Gasteiger charge is -2.26. The molecule has 4 rings (SSSR count). The van der Waals surface area contributed by atoms with Crippen molar-refractivity contribution in [2.24, 2.45) is 10.2 Å². The van der Waals surface area contributed by atoms with E-state index in [0.29, 0.717) is 5.69 Å². The number of nitrogens with zero attached hydrogens (tertiary/aromatic N) is 6. The summed E-state index contributed by atoms with van der Waals surface area (Å²) in [4.78, 5) is 14.0. The van der Waals surface area contributed by atoms with Crippen LogP contribution in [0, 0.1) is 11.3 Å². The molecule has 0 aliphatic rings. The molecule has 0 fully saturated rings. The minimum absolute atomic E-state index is 0.00553. The third kappa shape index (κ3) is 14.9. The Kier molecular flexibility index (Phi) is 17.8. The molecule has 64 heavy (non-hydrogen) atoms. The van der Waals surface area contributed by atoms with Gasteiger partial charge in [0.15, 0.2) is 5.82 Å². The van der Waals surface area contributed by atoms with Gasteiger partial charge in [0.25, 0.3) is 46.4 Å². The third-order valence-electron chi connectivity index (χ3n) is 8.65. The van der Waals surface area contributed by atoms with E-state index in [4.69, 9.17) is 28.5 Å². The second kappa shape index (κ2) is 21.8. The number of carbonyl (C=O) groups is 1. The van der Waals surface area contributed by atoms with Crippen molar-refractivity contribution in [1.82, 2.24) is 9.78 Å². The zero-order valence-corrected chi connectivity index (χ0v) is 38.7. The van der Waals surface area contributed by atoms with Gasteiger partial charge in [-0.2, -0.15) is 44.0 Å². The lowest BCUT2D eigenvalue weighted by molar-refractivity contribution is -0.432. The first-order valence-electron chi connectivity index (χ1n) is 18.0. The second-order valence-corrected chi connectivity index (χ2v) is 21.3. The van der Waals surface area contributed by atoms with Gasteiger partial charge in [-0.1, -0.05) is 42.1 Å². The van der Waals surface area contributed by atoms with E-state index in [9.17, 15) is 61.9 Å². The minimum atomic E-state index is -4.93. The number of hydrogen-bond donors (Lipinski definition) is 6. The van der Waals surface area contributed by atoms with Gasteiger partial charge in [-0.15, -0.1) is 14.6 Å². The summed E-state index contributed by atoms with van der Waals surface area (Å²) in [5.41, 5.74) is -0.513. The molecule has 1 heterocycles. The number of rotatable bonds is 22. The Bertz CT molecular complexity index is 2860. The molecule has 1 amide bonds. The quantitative estimate of drug-likeness (QED) is 0.0116.